The van der Waals surface area contributed by atoms with Crippen LogP contribution in [-0.4, -0.2) is 35.0 Å². The molecule has 88 valence electrons. The van der Waals surface area contributed by atoms with Crippen molar-refractivity contribution in [2.75, 3.05) is 12.0 Å². The number of carbonyl (C=O) groups is 1. The number of carbonyl (C=O) groups excluding carboxylic acids is 1. The first-order valence-corrected chi connectivity index (χ1v) is 6.18. The van der Waals surface area contributed by atoms with Gasteiger partial charge in [-0.1, -0.05) is 19.0 Å². The zero-order valence-electron chi connectivity index (χ0n) is 9.36. The Morgan fingerprint density at radius 3 is 2.60 bits per heavy atom. The lowest BCUT2D eigenvalue weighted by atomic mass is 10.0. The van der Waals surface area contributed by atoms with Crippen LogP contribution in [0.4, 0.5) is 0 Å². The second-order valence-corrected chi connectivity index (χ2v) is 4.54. The molecule has 0 aliphatic carbocycles. The van der Waals surface area contributed by atoms with Crippen LogP contribution in [0.25, 0.3) is 0 Å². The number of amidine groups is 1. The number of thioether (sulfide) groups is 1. The van der Waals surface area contributed by atoms with E-state index in [-0.39, 0.29) is 17.7 Å². The van der Waals surface area contributed by atoms with E-state index in [0.717, 1.165) is 5.75 Å². The van der Waals surface area contributed by atoms with E-state index < -0.39 is 6.04 Å². The van der Waals surface area contributed by atoms with Gasteiger partial charge in [-0.05, 0) is 12.2 Å². The Morgan fingerprint density at radius 1 is 1.60 bits per heavy atom. The molecule has 0 spiro atoms. The molecule has 6 heteroatoms. The number of hydrogen-bond acceptors (Lipinski definition) is 4. The van der Waals surface area contributed by atoms with Gasteiger partial charge in [0, 0.05) is 12.2 Å². The second-order valence-electron chi connectivity index (χ2n) is 3.56. The third-order valence-corrected chi connectivity index (χ3v) is 2.56. The monoisotopic (exact) mass is 233 g/mol. The van der Waals surface area contributed by atoms with Gasteiger partial charge in [-0.25, -0.2) is 0 Å². The molecular formula is C9H19N3O2S. The Hall–Kier alpha value is -0.910. The van der Waals surface area contributed by atoms with Crippen LogP contribution >= 0.6 is 11.8 Å². The Kier molecular flexibility index (Phi) is 6.94. The highest BCUT2D eigenvalue weighted by molar-refractivity contribution is 7.98. The predicted octanol–water partition coefficient (Wildman–Crippen LogP) is 0.627. The van der Waals surface area contributed by atoms with E-state index in [2.05, 4.69) is 10.5 Å². The van der Waals surface area contributed by atoms with Gasteiger partial charge in [0.25, 0.3) is 0 Å². The average Bonchev–Trinajstić information content (AvgIpc) is 2.21. The normalized spacial score (nSPS) is 14.0. The summed E-state index contributed by atoms with van der Waals surface area (Å²) >= 11 is 1.61. The van der Waals surface area contributed by atoms with Gasteiger partial charge in [-0.3, -0.25) is 4.79 Å². The maximum atomic E-state index is 11.4. The van der Waals surface area contributed by atoms with Crippen LogP contribution < -0.4 is 11.1 Å². The van der Waals surface area contributed by atoms with Crippen LogP contribution in [0.5, 0.6) is 0 Å². The van der Waals surface area contributed by atoms with Crippen molar-refractivity contribution in [3.05, 3.63) is 0 Å². The molecule has 0 aromatic heterocycles. The van der Waals surface area contributed by atoms with Gasteiger partial charge in [0.15, 0.2) is 5.84 Å². The molecule has 15 heavy (non-hydrogen) atoms. The van der Waals surface area contributed by atoms with Crippen LogP contribution in [0, 0.1) is 5.92 Å². The first kappa shape index (κ1) is 14.1. The van der Waals surface area contributed by atoms with E-state index in [1.165, 1.54) is 0 Å². The summed E-state index contributed by atoms with van der Waals surface area (Å²) in [5, 5.41) is 14.2. The predicted molar refractivity (Wildman–Crippen MR) is 63.2 cm³/mol. The molecule has 1 amide bonds. The Balaban J connectivity index is 4.23. The molecule has 0 fully saturated rings. The molecule has 0 saturated carbocycles. The van der Waals surface area contributed by atoms with Crippen molar-refractivity contribution in [2.45, 2.75) is 26.3 Å². The highest BCUT2D eigenvalue weighted by atomic mass is 32.2. The molecule has 0 saturated heterocycles. The Bertz CT molecular complexity index is 231. The van der Waals surface area contributed by atoms with Crippen molar-refractivity contribution in [1.82, 2.24) is 5.32 Å². The molecule has 0 aromatic rings. The topological polar surface area (TPSA) is 87.7 Å². The maximum absolute atomic E-state index is 11.4. The van der Waals surface area contributed by atoms with Gasteiger partial charge >= 0.3 is 0 Å². The summed E-state index contributed by atoms with van der Waals surface area (Å²) in [5.74, 6) is 0.837. The number of amides is 1. The standard InChI is InChI=1S/C9H19N3O2S/c1-6(2)8(9(10)12-14)11-7(13)4-5-15-3/h6,8,14H,4-5H2,1-3H3,(H2,10,12)(H,11,13). The van der Waals surface area contributed by atoms with Crippen LogP contribution in [0.2, 0.25) is 0 Å². The number of rotatable bonds is 6. The first-order chi connectivity index (χ1) is 7.02. The maximum Gasteiger partial charge on any atom is 0.221 e. The summed E-state index contributed by atoms with van der Waals surface area (Å²) in [5.41, 5.74) is 5.48. The largest absolute Gasteiger partial charge is 0.409 e. The number of oxime groups is 1. The number of nitrogens with zero attached hydrogens (tertiary/aromatic N) is 1. The molecule has 0 aromatic carbocycles. The Labute approximate surface area is 94.5 Å². The number of hydrogen-bond donors (Lipinski definition) is 3. The number of nitrogens with two attached hydrogens (primary N) is 1. The van der Waals surface area contributed by atoms with Crippen LogP contribution in [0.15, 0.2) is 5.16 Å². The van der Waals surface area contributed by atoms with E-state index in [0.29, 0.717) is 6.42 Å². The van der Waals surface area contributed by atoms with Gasteiger partial charge in [-0.2, -0.15) is 11.8 Å². The lowest BCUT2D eigenvalue weighted by Gasteiger charge is -2.20. The molecule has 0 rings (SSSR count). The molecule has 0 aliphatic rings. The fourth-order valence-corrected chi connectivity index (χ4v) is 1.47. The smallest absolute Gasteiger partial charge is 0.221 e. The fraction of sp³-hybridized carbons (Fsp3) is 0.778. The minimum Gasteiger partial charge on any atom is -0.409 e. The summed E-state index contributed by atoms with van der Waals surface area (Å²) in [7, 11) is 0. The van der Waals surface area contributed by atoms with Crippen LogP contribution in [0.1, 0.15) is 20.3 Å². The summed E-state index contributed by atoms with van der Waals surface area (Å²) in [6, 6.07) is -0.399. The Morgan fingerprint density at radius 2 is 2.20 bits per heavy atom. The molecule has 0 aliphatic heterocycles. The van der Waals surface area contributed by atoms with Crippen LogP contribution in [-0.2, 0) is 4.79 Å². The van der Waals surface area contributed by atoms with Crippen molar-refractivity contribution >= 4 is 23.5 Å². The van der Waals surface area contributed by atoms with Gasteiger partial charge in [-0.15, -0.1) is 0 Å². The molecule has 5 nitrogen and oxygen atoms in total. The molecule has 0 bridgehead atoms. The molecule has 0 heterocycles. The van der Waals surface area contributed by atoms with E-state index in [4.69, 9.17) is 10.9 Å². The van der Waals surface area contributed by atoms with E-state index in [9.17, 15) is 4.79 Å². The minimum absolute atomic E-state index is 0.0440. The van der Waals surface area contributed by atoms with E-state index in [1.54, 1.807) is 11.8 Å². The molecular weight excluding hydrogens is 214 g/mol. The van der Waals surface area contributed by atoms with E-state index in [1.807, 2.05) is 20.1 Å². The van der Waals surface area contributed by atoms with Gasteiger partial charge < -0.3 is 16.3 Å². The van der Waals surface area contributed by atoms with Crippen molar-refractivity contribution in [3.8, 4) is 0 Å². The second kappa shape index (κ2) is 7.39. The van der Waals surface area contributed by atoms with Crippen molar-refractivity contribution in [3.63, 3.8) is 0 Å². The molecule has 4 N–H and O–H groups in total. The van der Waals surface area contributed by atoms with Crippen LogP contribution in [0.3, 0.4) is 0 Å². The van der Waals surface area contributed by atoms with Crippen molar-refractivity contribution < 1.29 is 10.0 Å². The summed E-state index contributed by atoms with van der Waals surface area (Å²) in [6.07, 6.45) is 2.39. The SMILES string of the molecule is CSCCC(=O)NC(C(N)=NO)C(C)C. The lowest BCUT2D eigenvalue weighted by molar-refractivity contribution is -0.121. The molecule has 1 unspecified atom stereocenters. The quantitative estimate of drug-likeness (QED) is 0.272. The zero-order valence-corrected chi connectivity index (χ0v) is 10.2. The first-order valence-electron chi connectivity index (χ1n) is 4.78. The third-order valence-electron chi connectivity index (χ3n) is 1.95. The van der Waals surface area contributed by atoms with Gasteiger partial charge in [0.2, 0.25) is 5.91 Å². The highest BCUT2D eigenvalue weighted by Crippen LogP contribution is 2.03. The molecule has 1 atom stereocenters. The van der Waals surface area contributed by atoms with Crippen molar-refractivity contribution in [1.29, 1.82) is 0 Å². The molecule has 0 radical (unpaired) electrons. The lowest BCUT2D eigenvalue weighted by Crippen LogP contribution is -2.47. The van der Waals surface area contributed by atoms with Crippen molar-refractivity contribution in [2.24, 2.45) is 16.8 Å². The highest BCUT2D eigenvalue weighted by Gasteiger charge is 2.20. The summed E-state index contributed by atoms with van der Waals surface area (Å²) in [6.45, 7) is 3.80. The van der Waals surface area contributed by atoms with Gasteiger partial charge in [0.05, 0.1) is 6.04 Å². The van der Waals surface area contributed by atoms with Gasteiger partial charge in [0.1, 0.15) is 0 Å². The average molecular weight is 233 g/mol. The zero-order chi connectivity index (χ0) is 11.8. The third kappa shape index (κ3) is 5.51. The summed E-state index contributed by atoms with van der Waals surface area (Å²) in [4.78, 5) is 11.4. The fourth-order valence-electron chi connectivity index (χ4n) is 1.08. The summed E-state index contributed by atoms with van der Waals surface area (Å²) < 4.78 is 0. The number of nitrogens with one attached hydrogen (secondary N) is 1. The minimum atomic E-state index is -0.399. The van der Waals surface area contributed by atoms with E-state index >= 15 is 0 Å².